The van der Waals surface area contributed by atoms with Gasteiger partial charge in [-0.3, -0.25) is 0 Å². The lowest BCUT2D eigenvalue weighted by molar-refractivity contribution is 0.208. The Bertz CT molecular complexity index is 442. The van der Waals surface area contributed by atoms with Gasteiger partial charge in [-0.25, -0.2) is 4.39 Å². The highest BCUT2D eigenvalue weighted by atomic mass is 19.1. The summed E-state index contributed by atoms with van der Waals surface area (Å²) < 4.78 is 19.0. The van der Waals surface area contributed by atoms with E-state index in [2.05, 4.69) is 0 Å². The van der Waals surface area contributed by atoms with E-state index >= 15 is 0 Å². The van der Waals surface area contributed by atoms with E-state index in [4.69, 9.17) is 10.5 Å². The number of halogens is 1. The van der Waals surface area contributed by atoms with Crippen LogP contribution in [0.1, 0.15) is 44.1 Å². The molecule has 3 rings (SSSR count). The van der Waals surface area contributed by atoms with Crippen molar-refractivity contribution in [1.29, 1.82) is 0 Å². The predicted octanol–water partition coefficient (Wildman–Crippen LogP) is 3.43. The van der Waals surface area contributed by atoms with Crippen molar-refractivity contribution in [3.05, 3.63) is 29.6 Å². The van der Waals surface area contributed by atoms with Crippen LogP contribution in [-0.2, 0) is 6.42 Å². The maximum absolute atomic E-state index is 13.1. The van der Waals surface area contributed by atoms with Crippen LogP contribution >= 0.6 is 0 Å². The summed E-state index contributed by atoms with van der Waals surface area (Å²) in [6.45, 7) is 0. The molecule has 1 aliphatic heterocycles. The molecule has 1 aliphatic carbocycles. The molecular formula is C16H22FNO. The average Bonchev–Trinajstić information content (AvgIpc) is 3.04. The lowest BCUT2D eigenvalue weighted by atomic mass is 9.93. The number of nitrogens with two attached hydrogens (primary N) is 1. The summed E-state index contributed by atoms with van der Waals surface area (Å²) in [6, 6.07) is 5.10. The van der Waals surface area contributed by atoms with E-state index in [1.807, 2.05) is 0 Å². The molecule has 1 aromatic rings. The average molecular weight is 263 g/mol. The molecule has 19 heavy (non-hydrogen) atoms. The van der Waals surface area contributed by atoms with Gasteiger partial charge in [0, 0.05) is 18.0 Å². The second kappa shape index (κ2) is 5.49. The molecule has 0 saturated heterocycles. The fourth-order valence-electron chi connectivity index (χ4n) is 3.45. The van der Waals surface area contributed by atoms with E-state index in [-0.39, 0.29) is 11.9 Å². The van der Waals surface area contributed by atoms with Gasteiger partial charge in [0.2, 0.25) is 0 Å². The Labute approximate surface area is 114 Å². The van der Waals surface area contributed by atoms with E-state index in [1.165, 1.54) is 31.7 Å². The topological polar surface area (TPSA) is 35.2 Å². The highest BCUT2D eigenvalue weighted by molar-refractivity contribution is 5.37. The Balaban J connectivity index is 1.50. The van der Waals surface area contributed by atoms with E-state index in [9.17, 15) is 4.39 Å². The van der Waals surface area contributed by atoms with Crippen LogP contribution in [-0.4, -0.2) is 12.1 Å². The van der Waals surface area contributed by atoms with Crippen LogP contribution in [0.3, 0.4) is 0 Å². The summed E-state index contributed by atoms with van der Waals surface area (Å²) in [7, 11) is 0. The molecule has 1 heterocycles. The van der Waals surface area contributed by atoms with Crippen molar-refractivity contribution >= 4 is 0 Å². The first kappa shape index (κ1) is 12.9. The van der Waals surface area contributed by atoms with E-state index in [0.717, 1.165) is 30.6 Å². The van der Waals surface area contributed by atoms with Crippen LogP contribution in [0.2, 0.25) is 0 Å². The van der Waals surface area contributed by atoms with Gasteiger partial charge in [-0.15, -0.1) is 0 Å². The Morgan fingerprint density at radius 3 is 2.89 bits per heavy atom. The summed E-state index contributed by atoms with van der Waals surface area (Å²) in [5.41, 5.74) is 7.27. The molecule has 2 aliphatic rings. The number of ether oxygens (including phenoxy) is 1. The third kappa shape index (κ3) is 2.92. The molecule has 0 bridgehead atoms. The predicted molar refractivity (Wildman–Crippen MR) is 73.7 cm³/mol. The standard InChI is InChI=1S/C16H22FNO/c17-13-5-8-16-12(9-13)10-14(19-16)6-7-15(18)11-3-1-2-4-11/h5,8-9,11,14-15H,1-4,6-7,10,18H2. The molecule has 0 radical (unpaired) electrons. The minimum absolute atomic E-state index is 0.175. The molecule has 1 saturated carbocycles. The Hall–Kier alpha value is -1.09. The van der Waals surface area contributed by atoms with Crippen LogP contribution in [0.4, 0.5) is 4.39 Å². The quantitative estimate of drug-likeness (QED) is 0.903. The van der Waals surface area contributed by atoms with E-state index in [1.54, 1.807) is 12.1 Å². The number of fused-ring (bicyclic) bond motifs is 1. The summed E-state index contributed by atoms with van der Waals surface area (Å²) in [5, 5.41) is 0. The SMILES string of the molecule is NC(CCC1Cc2cc(F)ccc2O1)C1CCCC1. The number of hydrogen-bond acceptors (Lipinski definition) is 2. The first-order chi connectivity index (χ1) is 9.22. The van der Waals surface area contributed by atoms with Gasteiger partial charge in [-0.2, -0.15) is 0 Å². The Kier molecular flexibility index (Phi) is 3.74. The van der Waals surface area contributed by atoms with Gasteiger partial charge < -0.3 is 10.5 Å². The van der Waals surface area contributed by atoms with Crippen molar-refractivity contribution < 1.29 is 9.13 Å². The molecule has 0 spiro atoms. The van der Waals surface area contributed by atoms with E-state index < -0.39 is 0 Å². The summed E-state index contributed by atoms with van der Waals surface area (Å²) in [5.74, 6) is 1.38. The highest BCUT2D eigenvalue weighted by Crippen LogP contribution is 2.33. The number of benzene rings is 1. The molecular weight excluding hydrogens is 241 g/mol. The second-order valence-electron chi connectivity index (χ2n) is 5.98. The molecule has 2 atom stereocenters. The fraction of sp³-hybridized carbons (Fsp3) is 0.625. The van der Waals surface area contributed by atoms with Crippen molar-refractivity contribution in [2.75, 3.05) is 0 Å². The van der Waals surface area contributed by atoms with Gasteiger partial charge in [-0.1, -0.05) is 12.8 Å². The molecule has 2 nitrogen and oxygen atoms in total. The Morgan fingerprint density at radius 1 is 1.32 bits per heavy atom. The molecule has 1 aromatic carbocycles. The maximum Gasteiger partial charge on any atom is 0.123 e. The van der Waals surface area contributed by atoms with Crippen LogP contribution < -0.4 is 10.5 Å². The minimum Gasteiger partial charge on any atom is -0.490 e. The van der Waals surface area contributed by atoms with Gasteiger partial charge in [-0.05, 0) is 49.8 Å². The largest absolute Gasteiger partial charge is 0.490 e. The van der Waals surface area contributed by atoms with Gasteiger partial charge in [0.1, 0.15) is 17.7 Å². The zero-order valence-corrected chi connectivity index (χ0v) is 11.3. The molecule has 2 unspecified atom stereocenters. The lowest BCUT2D eigenvalue weighted by Crippen LogP contribution is -2.30. The number of hydrogen-bond donors (Lipinski definition) is 1. The van der Waals surface area contributed by atoms with Crippen LogP contribution in [0.15, 0.2) is 18.2 Å². The first-order valence-electron chi connectivity index (χ1n) is 7.43. The van der Waals surface area contributed by atoms with Gasteiger partial charge in [0.15, 0.2) is 0 Å². The van der Waals surface area contributed by atoms with E-state index in [0.29, 0.717) is 12.0 Å². The molecule has 1 fully saturated rings. The van der Waals surface area contributed by atoms with Gasteiger partial charge in [0.25, 0.3) is 0 Å². The number of rotatable bonds is 4. The van der Waals surface area contributed by atoms with Gasteiger partial charge >= 0.3 is 0 Å². The van der Waals surface area contributed by atoms with Crippen LogP contribution in [0.25, 0.3) is 0 Å². The van der Waals surface area contributed by atoms with Gasteiger partial charge in [0.05, 0.1) is 0 Å². The maximum atomic E-state index is 13.1. The molecule has 2 N–H and O–H groups in total. The summed E-state index contributed by atoms with van der Waals surface area (Å²) in [4.78, 5) is 0. The molecule has 0 amide bonds. The monoisotopic (exact) mass is 263 g/mol. The van der Waals surface area contributed by atoms with Crippen molar-refractivity contribution in [3.8, 4) is 5.75 Å². The van der Waals surface area contributed by atoms with Crippen LogP contribution in [0, 0.1) is 11.7 Å². The zero-order chi connectivity index (χ0) is 13.2. The third-order valence-electron chi connectivity index (χ3n) is 4.59. The molecule has 0 aromatic heterocycles. The normalized spacial score (nSPS) is 24.2. The third-order valence-corrected chi connectivity index (χ3v) is 4.59. The molecule has 3 heteroatoms. The summed E-state index contributed by atoms with van der Waals surface area (Å²) >= 11 is 0. The first-order valence-corrected chi connectivity index (χ1v) is 7.43. The van der Waals surface area contributed by atoms with Crippen LogP contribution in [0.5, 0.6) is 5.75 Å². The molecule has 104 valence electrons. The fourth-order valence-corrected chi connectivity index (χ4v) is 3.45. The van der Waals surface area contributed by atoms with Crippen molar-refractivity contribution in [3.63, 3.8) is 0 Å². The van der Waals surface area contributed by atoms with Crippen molar-refractivity contribution in [2.45, 2.75) is 57.1 Å². The minimum atomic E-state index is -0.175. The second-order valence-corrected chi connectivity index (χ2v) is 5.98. The highest BCUT2D eigenvalue weighted by Gasteiger charge is 2.26. The lowest BCUT2D eigenvalue weighted by Gasteiger charge is -2.20. The van der Waals surface area contributed by atoms with Crippen molar-refractivity contribution in [1.82, 2.24) is 0 Å². The zero-order valence-electron chi connectivity index (χ0n) is 11.3. The Morgan fingerprint density at radius 2 is 2.11 bits per heavy atom. The summed E-state index contributed by atoms with van der Waals surface area (Å²) in [6.07, 6.45) is 8.26. The van der Waals surface area contributed by atoms with Crippen molar-refractivity contribution in [2.24, 2.45) is 11.7 Å². The smallest absolute Gasteiger partial charge is 0.123 e.